The maximum Gasteiger partial charge on any atom is 0.258 e. The molecule has 1 aliphatic heterocycles. The minimum absolute atomic E-state index is 0.0436. The van der Waals surface area contributed by atoms with E-state index in [0.717, 1.165) is 16.5 Å². The van der Waals surface area contributed by atoms with Crippen molar-refractivity contribution < 1.29 is 9.53 Å². The van der Waals surface area contributed by atoms with Gasteiger partial charge in [-0.25, -0.2) is 0 Å². The number of ketones is 1. The molecule has 0 fully saturated rings. The third-order valence-corrected chi connectivity index (χ3v) is 6.43. The third kappa shape index (κ3) is 2.82. The molecule has 2 aromatic carbocycles. The largest absolute Gasteiger partial charge is 0.460 e. The molecule has 3 aromatic rings. The Morgan fingerprint density at radius 3 is 2.47 bits per heavy atom. The molecule has 0 amide bonds. The molecule has 0 spiro atoms. The number of para-hydroxylation sites is 1. The second-order valence-electron chi connectivity index (χ2n) is 8.99. The molecule has 0 bridgehead atoms. The molecule has 2 aliphatic rings. The minimum atomic E-state index is -0.465. The van der Waals surface area contributed by atoms with Crippen LogP contribution in [-0.4, -0.2) is 10.4 Å². The lowest BCUT2D eigenvalue weighted by Crippen LogP contribution is -2.36. The molecular weight excluding hydrogens is 398 g/mol. The number of Topliss-reactive ketones (excluding diaryl/α,β-unsaturated/α-hetero) is 1. The third-order valence-electron chi connectivity index (χ3n) is 6.17. The first-order chi connectivity index (χ1) is 14.3. The summed E-state index contributed by atoms with van der Waals surface area (Å²) in [6.07, 6.45) is 1.09. The van der Waals surface area contributed by atoms with Gasteiger partial charge in [0.15, 0.2) is 5.78 Å². The fraction of sp³-hybridized carbons (Fsp3) is 0.280. The summed E-state index contributed by atoms with van der Waals surface area (Å²) in [5.41, 5.74) is 2.47. The standard InChI is InChI=1S/C25H22ClNO3/c1-25(2)12-18(28)21-19(13-25)30-23-16-6-4-5-7-17(16)27(3)24(29)22(23)20(21)14-8-10-15(26)11-9-14/h4-11,20H,12-13H2,1-3H3. The van der Waals surface area contributed by atoms with E-state index in [1.807, 2.05) is 36.4 Å². The van der Waals surface area contributed by atoms with E-state index >= 15 is 0 Å². The second kappa shape index (κ2) is 6.58. The number of benzene rings is 2. The first kappa shape index (κ1) is 19.1. The van der Waals surface area contributed by atoms with E-state index in [1.165, 1.54) is 0 Å². The zero-order valence-electron chi connectivity index (χ0n) is 17.2. The van der Waals surface area contributed by atoms with Crippen LogP contribution in [0.4, 0.5) is 0 Å². The number of halogens is 1. The summed E-state index contributed by atoms with van der Waals surface area (Å²) >= 11 is 6.12. The fourth-order valence-corrected chi connectivity index (χ4v) is 4.93. The van der Waals surface area contributed by atoms with Gasteiger partial charge in [0, 0.05) is 35.9 Å². The maximum atomic E-state index is 13.5. The van der Waals surface area contributed by atoms with Gasteiger partial charge < -0.3 is 9.30 Å². The number of hydrogen-bond acceptors (Lipinski definition) is 3. The Bertz CT molecular complexity index is 1300. The first-order valence-corrected chi connectivity index (χ1v) is 10.5. The first-order valence-electron chi connectivity index (χ1n) is 10.1. The predicted octanol–water partition coefficient (Wildman–Crippen LogP) is 5.36. The van der Waals surface area contributed by atoms with Crippen LogP contribution in [0, 0.1) is 5.41 Å². The Balaban J connectivity index is 1.87. The van der Waals surface area contributed by atoms with Crippen LogP contribution >= 0.6 is 11.6 Å². The molecule has 152 valence electrons. The van der Waals surface area contributed by atoms with Crippen molar-refractivity contribution in [2.45, 2.75) is 32.6 Å². The van der Waals surface area contributed by atoms with Crippen LogP contribution in [-0.2, 0) is 11.8 Å². The molecule has 0 saturated carbocycles. The van der Waals surface area contributed by atoms with E-state index in [9.17, 15) is 9.59 Å². The molecule has 2 heterocycles. The van der Waals surface area contributed by atoms with E-state index in [-0.39, 0.29) is 16.8 Å². The van der Waals surface area contributed by atoms with Crippen molar-refractivity contribution in [2.75, 3.05) is 0 Å². The lowest BCUT2D eigenvalue weighted by atomic mass is 9.70. The van der Waals surface area contributed by atoms with Crippen molar-refractivity contribution in [3.05, 3.63) is 86.4 Å². The Hall–Kier alpha value is -2.85. The molecule has 1 aromatic heterocycles. The number of aromatic nitrogens is 1. The van der Waals surface area contributed by atoms with Gasteiger partial charge in [-0.15, -0.1) is 0 Å². The van der Waals surface area contributed by atoms with E-state index in [1.54, 1.807) is 23.7 Å². The highest BCUT2D eigenvalue weighted by Gasteiger charge is 2.44. The van der Waals surface area contributed by atoms with Gasteiger partial charge in [-0.2, -0.15) is 0 Å². The summed E-state index contributed by atoms with van der Waals surface area (Å²) in [5.74, 6) is 0.829. The highest BCUT2D eigenvalue weighted by atomic mass is 35.5. The van der Waals surface area contributed by atoms with Gasteiger partial charge in [-0.3, -0.25) is 9.59 Å². The number of pyridine rings is 1. The summed E-state index contributed by atoms with van der Waals surface area (Å²) in [5, 5.41) is 1.48. The van der Waals surface area contributed by atoms with Crippen molar-refractivity contribution in [3.8, 4) is 5.75 Å². The Morgan fingerprint density at radius 2 is 1.73 bits per heavy atom. The number of aryl methyl sites for hydroxylation is 1. The van der Waals surface area contributed by atoms with Crippen molar-refractivity contribution in [2.24, 2.45) is 12.5 Å². The van der Waals surface area contributed by atoms with Crippen molar-refractivity contribution in [1.82, 2.24) is 4.57 Å². The molecule has 5 rings (SSSR count). The summed E-state index contributed by atoms with van der Waals surface area (Å²) < 4.78 is 8.03. The zero-order valence-corrected chi connectivity index (χ0v) is 17.9. The van der Waals surface area contributed by atoms with E-state index in [4.69, 9.17) is 16.3 Å². The van der Waals surface area contributed by atoms with Crippen molar-refractivity contribution >= 4 is 28.3 Å². The number of rotatable bonds is 1. The van der Waals surface area contributed by atoms with Gasteiger partial charge in [0.2, 0.25) is 0 Å². The van der Waals surface area contributed by atoms with Gasteiger partial charge in [-0.1, -0.05) is 49.7 Å². The Morgan fingerprint density at radius 1 is 1.03 bits per heavy atom. The molecule has 0 N–H and O–H groups in total. The number of carbonyl (C=O) groups excluding carboxylic acids is 1. The number of carbonyl (C=O) groups is 1. The Kier molecular flexibility index (Phi) is 4.19. The zero-order chi connectivity index (χ0) is 21.2. The minimum Gasteiger partial charge on any atom is -0.460 e. The lowest BCUT2D eigenvalue weighted by Gasteiger charge is -2.38. The summed E-state index contributed by atoms with van der Waals surface area (Å²) in [6, 6.07) is 15.1. The van der Waals surface area contributed by atoms with Crippen LogP contribution in [0.15, 0.2) is 64.7 Å². The SMILES string of the molecule is Cn1c(=O)c2c(c3ccccc31)OC1=C(C(=O)CC(C)(C)C1)C2c1ccc(Cl)cc1. The normalized spacial score (nSPS) is 20.0. The quantitative estimate of drug-likeness (QED) is 0.533. The number of allylic oxidation sites excluding steroid dienone is 2. The van der Waals surface area contributed by atoms with Crippen LogP contribution in [0.3, 0.4) is 0 Å². The monoisotopic (exact) mass is 419 g/mol. The highest BCUT2D eigenvalue weighted by molar-refractivity contribution is 6.30. The van der Waals surface area contributed by atoms with E-state index in [2.05, 4.69) is 13.8 Å². The van der Waals surface area contributed by atoms with Gasteiger partial charge >= 0.3 is 0 Å². The van der Waals surface area contributed by atoms with Crippen molar-refractivity contribution in [3.63, 3.8) is 0 Å². The number of hydrogen-bond donors (Lipinski definition) is 0. The molecule has 30 heavy (non-hydrogen) atoms. The Labute approximate surface area is 179 Å². The van der Waals surface area contributed by atoms with Gasteiger partial charge in [-0.05, 0) is 35.2 Å². The second-order valence-corrected chi connectivity index (χ2v) is 9.42. The molecule has 0 radical (unpaired) electrons. The van der Waals surface area contributed by atoms with Gasteiger partial charge in [0.25, 0.3) is 5.56 Å². The molecule has 1 unspecified atom stereocenters. The molecule has 4 nitrogen and oxygen atoms in total. The molecule has 1 atom stereocenters. The van der Waals surface area contributed by atoms with Crippen LogP contribution in [0.2, 0.25) is 5.02 Å². The smallest absolute Gasteiger partial charge is 0.258 e. The summed E-state index contributed by atoms with van der Waals surface area (Å²) in [7, 11) is 1.76. The van der Waals surface area contributed by atoms with Gasteiger partial charge in [0.1, 0.15) is 11.5 Å². The van der Waals surface area contributed by atoms with Crippen LogP contribution < -0.4 is 10.3 Å². The molecule has 0 saturated heterocycles. The van der Waals surface area contributed by atoms with Crippen LogP contribution in [0.1, 0.15) is 43.7 Å². The van der Waals surface area contributed by atoms with E-state index in [0.29, 0.717) is 40.5 Å². The van der Waals surface area contributed by atoms with E-state index < -0.39 is 5.92 Å². The average Bonchev–Trinajstić information content (AvgIpc) is 2.70. The van der Waals surface area contributed by atoms with Crippen LogP contribution in [0.25, 0.3) is 10.9 Å². The number of fused-ring (bicyclic) bond motifs is 3. The highest BCUT2D eigenvalue weighted by Crippen LogP contribution is 2.50. The summed E-state index contributed by atoms with van der Waals surface area (Å²) in [4.78, 5) is 26.8. The molecule has 1 aliphatic carbocycles. The predicted molar refractivity (Wildman–Crippen MR) is 118 cm³/mol. The topological polar surface area (TPSA) is 48.3 Å². The van der Waals surface area contributed by atoms with Crippen LogP contribution in [0.5, 0.6) is 5.75 Å². The van der Waals surface area contributed by atoms with Gasteiger partial charge in [0.05, 0.1) is 17.0 Å². The lowest BCUT2D eigenvalue weighted by molar-refractivity contribution is -0.118. The number of nitrogens with zero attached hydrogens (tertiary/aromatic N) is 1. The van der Waals surface area contributed by atoms with Crippen molar-refractivity contribution in [1.29, 1.82) is 0 Å². The molecular formula is C25H22ClNO3. The molecule has 5 heteroatoms. The summed E-state index contributed by atoms with van der Waals surface area (Å²) in [6.45, 7) is 4.15. The fourth-order valence-electron chi connectivity index (χ4n) is 4.80. The number of ether oxygens (including phenoxy) is 1. The average molecular weight is 420 g/mol. The maximum absolute atomic E-state index is 13.5.